The summed E-state index contributed by atoms with van der Waals surface area (Å²) >= 11 is 0. The highest BCUT2D eigenvalue weighted by atomic mass is 19.1. The Morgan fingerprint density at radius 2 is 1.73 bits per heavy atom. The zero-order valence-electron chi connectivity index (χ0n) is 11.4. The maximum atomic E-state index is 13.1. The molecule has 6 heteroatoms. The van der Waals surface area contributed by atoms with Crippen molar-refractivity contribution in [3.05, 3.63) is 65.9 Å². The van der Waals surface area contributed by atoms with Crippen LogP contribution in [-0.2, 0) is 6.61 Å². The minimum absolute atomic E-state index is 0.0696. The number of anilines is 1. The second-order valence-corrected chi connectivity index (χ2v) is 4.71. The molecule has 2 N–H and O–H groups in total. The Labute approximate surface area is 125 Å². The third kappa shape index (κ3) is 3.06. The molecule has 0 unspecified atom stereocenters. The van der Waals surface area contributed by atoms with Gasteiger partial charge >= 0.3 is 0 Å². The Morgan fingerprint density at radius 3 is 2.32 bits per heavy atom. The highest BCUT2D eigenvalue weighted by molar-refractivity contribution is 5.71. The van der Waals surface area contributed by atoms with Crippen molar-refractivity contribution in [1.29, 1.82) is 0 Å². The van der Waals surface area contributed by atoms with Crippen LogP contribution in [0.25, 0.3) is 11.3 Å². The fourth-order valence-electron chi connectivity index (χ4n) is 2.03. The number of benzene rings is 2. The number of ether oxygens (including phenoxy) is 1. The fraction of sp³-hybridized carbons (Fsp3) is 0.0625. The zero-order valence-corrected chi connectivity index (χ0v) is 11.4. The highest BCUT2D eigenvalue weighted by Crippen LogP contribution is 2.26. The van der Waals surface area contributed by atoms with Crippen molar-refractivity contribution in [1.82, 2.24) is 5.16 Å². The predicted octanol–water partition coefficient (Wildman–Crippen LogP) is 3.78. The molecule has 0 radical (unpaired) electrons. The van der Waals surface area contributed by atoms with Gasteiger partial charge in [0.1, 0.15) is 41.6 Å². The van der Waals surface area contributed by atoms with Crippen molar-refractivity contribution in [3.8, 4) is 17.0 Å². The molecule has 4 nitrogen and oxygen atoms in total. The Bertz CT molecular complexity index is 765. The first-order valence-electron chi connectivity index (χ1n) is 6.50. The van der Waals surface area contributed by atoms with Crippen molar-refractivity contribution in [2.24, 2.45) is 0 Å². The van der Waals surface area contributed by atoms with Gasteiger partial charge in [-0.15, -0.1) is 0 Å². The lowest BCUT2D eigenvalue weighted by Crippen LogP contribution is -1.97. The van der Waals surface area contributed by atoms with E-state index in [1.165, 1.54) is 18.4 Å². The lowest BCUT2D eigenvalue weighted by atomic mass is 10.1. The third-order valence-electron chi connectivity index (χ3n) is 3.05. The lowest BCUT2D eigenvalue weighted by molar-refractivity contribution is 0.305. The van der Waals surface area contributed by atoms with Crippen molar-refractivity contribution in [3.63, 3.8) is 0 Å². The second-order valence-electron chi connectivity index (χ2n) is 4.71. The van der Waals surface area contributed by atoms with Gasteiger partial charge in [0.05, 0.1) is 0 Å². The molecular formula is C16H12F2N2O2. The molecule has 0 atom stereocenters. The first-order valence-corrected chi connectivity index (χ1v) is 6.50. The Morgan fingerprint density at radius 1 is 1.05 bits per heavy atom. The van der Waals surface area contributed by atoms with Gasteiger partial charge < -0.3 is 15.0 Å². The molecule has 1 heterocycles. The van der Waals surface area contributed by atoms with Gasteiger partial charge in [-0.1, -0.05) is 5.16 Å². The Hall–Kier alpha value is -2.89. The number of hydrogen-bond acceptors (Lipinski definition) is 4. The van der Waals surface area contributed by atoms with Crippen LogP contribution in [0.1, 0.15) is 5.56 Å². The molecule has 0 spiro atoms. The molecule has 0 aliphatic carbocycles. The molecule has 112 valence electrons. The summed E-state index contributed by atoms with van der Waals surface area (Å²) in [5, 5.41) is 3.80. The van der Waals surface area contributed by atoms with E-state index in [4.69, 9.17) is 15.0 Å². The average molecular weight is 302 g/mol. The normalized spacial score (nSPS) is 10.6. The van der Waals surface area contributed by atoms with Gasteiger partial charge in [-0.25, -0.2) is 8.78 Å². The van der Waals surface area contributed by atoms with E-state index < -0.39 is 11.6 Å². The first-order chi connectivity index (χ1) is 10.6. The zero-order chi connectivity index (χ0) is 15.5. The monoisotopic (exact) mass is 302 g/mol. The van der Waals surface area contributed by atoms with Gasteiger partial charge in [-0.3, -0.25) is 0 Å². The third-order valence-corrected chi connectivity index (χ3v) is 3.05. The molecule has 0 amide bonds. The van der Waals surface area contributed by atoms with Gasteiger partial charge in [0.25, 0.3) is 0 Å². The van der Waals surface area contributed by atoms with Crippen LogP contribution in [0.2, 0.25) is 0 Å². The van der Waals surface area contributed by atoms with Crippen molar-refractivity contribution < 1.29 is 18.0 Å². The maximum Gasteiger partial charge on any atom is 0.147 e. The minimum atomic E-state index is -0.629. The largest absolute Gasteiger partial charge is 0.489 e. The van der Waals surface area contributed by atoms with Gasteiger partial charge in [-0.05, 0) is 42.0 Å². The van der Waals surface area contributed by atoms with E-state index in [1.807, 2.05) is 0 Å². The second kappa shape index (κ2) is 5.85. The highest BCUT2D eigenvalue weighted by Gasteiger charge is 2.07. The molecule has 2 aromatic carbocycles. The molecule has 1 aromatic heterocycles. The topological polar surface area (TPSA) is 61.3 Å². The van der Waals surface area contributed by atoms with E-state index in [2.05, 4.69) is 5.16 Å². The van der Waals surface area contributed by atoms with Gasteiger partial charge in [0, 0.05) is 11.6 Å². The van der Waals surface area contributed by atoms with Crippen molar-refractivity contribution >= 4 is 5.69 Å². The molecule has 0 saturated heterocycles. The van der Waals surface area contributed by atoms with Crippen molar-refractivity contribution in [2.45, 2.75) is 6.61 Å². The van der Waals surface area contributed by atoms with Crippen LogP contribution in [0, 0.1) is 11.6 Å². The molecule has 0 aliphatic rings. The number of rotatable bonds is 4. The molecule has 0 bridgehead atoms. The van der Waals surface area contributed by atoms with E-state index in [-0.39, 0.29) is 6.61 Å². The molecule has 22 heavy (non-hydrogen) atoms. The standard InChI is InChI=1S/C16H12F2N2O2/c17-12-5-10(6-13(18)7-12)8-21-14-3-1-11(2-4-14)16-15(19)9-22-20-16/h1-7,9H,8,19H2. The van der Waals surface area contributed by atoms with E-state index >= 15 is 0 Å². The average Bonchev–Trinajstić information content (AvgIpc) is 2.91. The van der Waals surface area contributed by atoms with Crippen molar-refractivity contribution in [2.75, 3.05) is 5.73 Å². The van der Waals surface area contributed by atoms with E-state index in [0.717, 1.165) is 11.6 Å². The van der Waals surface area contributed by atoms with Gasteiger partial charge in [0.15, 0.2) is 0 Å². The van der Waals surface area contributed by atoms with Crippen LogP contribution in [0.3, 0.4) is 0 Å². The quantitative estimate of drug-likeness (QED) is 0.796. The molecule has 3 rings (SSSR count). The van der Waals surface area contributed by atoms with Gasteiger partial charge in [0.2, 0.25) is 0 Å². The van der Waals surface area contributed by atoms with E-state index in [9.17, 15) is 8.78 Å². The number of nitrogens with zero attached hydrogens (tertiary/aromatic N) is 1. The summed E-state index contributed by atoms with van der Waals surface area (Å²) in [4.78, 5) is 0. The van der Waals surface area contributed by atoms with Crippen LogP contribution < -0.4 is 10.5 Å². The van der Waals surface area contributed by atoms with Crippen LogP contribution in [0.4, 0.5) is 14.5 Å². The van der Waals surface area contributed by atoms with Crippen LogP contribution >= 0.6 is 0 Å². The number of aromatic nitrogens is 1. The van der Waals surface area contributed by atoms with Gasteiger partial charge in [-0.2, -0.15) is 0 Å². The first kappa shape index (κ1) is 14.1. The number of hydrogen-bond donors (Lipinski definition) is 1. The molecule has 3 aromatic rings. The molecular weight excluding hydrogens is 290 g/mol. The summed E-state index contributed by atoms with van der Waals surface area (Å²) < 4.78 is 36.4. The minimum Gasteiger partial charge on any atom is -0.489 e. The van der Waals surface area contributed by atoms with Crippen LogP contribution in [0.5, 0.6) is 5.75 Å². The predicted molar refractivity (Wildman–Crippen MR) is 77.0 cm³/mol. The summed E-state index contributed by atoms with van der Waals surface area (Å²) in [6.07, 6.45) is 1.36. The number of nitrogen functional groups attached to an aromatic ring is 1. The summed E-state index contributed by atoms with van der Waals surface area (Å²) in [5.74, 6) is -0.693. The summed E-state index contributed by atoms with van der Waals surface area (Å²) in [7, 11) is 0. The van der Waals surface area contributed by atoms with Crippen LogP contribution in [-0.4, -0.2) is 5.16 Å². The maximum absolute atomic E-state index is 13.1. The number of halogens is 2. The molecule has 0 saturated carbocycles. The Balaban J connectivity index is 1.70. The van der Waals surface area contributed by atoms with E-state index in [1.54, 1.807) is 24.3 Å². The fourth-order valence-corrected chi connectivity index (χ4v) is 2.03. The van der Waals surface area contributed by atoms with Crippen LogP contribution in [0.15, 0.2) is 53.3 Å². The number of nitrogens with two attached hydrogens (primary N) is 1. The Kier molecular flexibility index (Phi) is 3.74. The molecule has 0 fully saturated rings. The SMILES string of the molecule is Nc1conc1-c1ccc(OCc2cc(F)cc(F)c2)cc1. The van der Waals surface area contributed by atoms with E-state index in [0.29, 0.717) is 22.7 Å². The molecule has 0 aliphatic heterocycles. The smallest absolute Gasteiger partial charge is 0.147 e. The summed E-state index contributed by atoms with van der Waals surface area (Å²) in [5.41, 5.74) is 7.92. The summed E-state index contributed by atoms with van der Waals surface area (Å²) in [6.45, 7) is 0.0696. The summed E-state index contributed by atoms with van der Waals surface area (Å²) in [6, 6.07) is 10.3. The lowest BCUT2D eigenvalue weighted by Gasteiger charge is -2.07.